The van der Waals surface area contributed by atoms with Gasteiger partial charge in [0.25, 0.3) is 5.91 Å². The number of sulfonamides is 1. The zero-order chi connectivity index (χ0) is 23.3. The SMILES string of the molecule is Cc1ccc(C(CNC(=O)c2cccc(S(=O)(=O)NCc3cccs3)c2)N2CCOCC2)o1. The van der Waals surface area contributed by atoms with Crippen LogP contribution in [0.1, 0.15) is 32.8 Å². The zero-order valence-electron chi connectivity index (χ0n) is 18.3. The molecule has 1 aromatic carbocycles. The van der Waals surface area contributed by atoms with E-state index in [2.05, 4.69) is 14.9 Å². The number of benzene rings is 1. The van der Waals surface area contributed by atoms with Crippen LogP contribution in [0, 0.1) is 6.92 Å². The topological polar surface area (TPSA) is 101 Å². The van der Waals surface area contributed by atoms with Gasteiger partial charge in [-0.25, -0.2) is 13.1 Å². The van der Waals surface area contributed by atoms with Crippen molar-refractivity contribution >= 4 is 27.3 Å². The molecule has 1 unspecified atom stereocenters. The molecule has 0 radical (unpaired) electrons. The van der Waals surface area contributed by atoms with Gasteiger partial charge < -0.3 is 14.5 Å². The number of aryl methyl sites for hydroxylation is 1. The van der Waals surface area contributed by atoms with E-state index in [1.807, 2.05) is 36.6 Å². The minimum atomic E-state index is -3.74. The molecule has 0 spiro atoms. The van der Waals surface area contributed by atoms with Crippen molar-refractivity contribution in [1.82, 2.24) is 14.9 Å². The Kier molecular flexibility index (Phi) is 7.61. The van der Waals surface area contributed by atoms with Gasteiger partial charge in [-0.3, -0.25) is 9.69 Å². The van der Waals surface area contributed by atoms with Crippen LogP contribution in [0.3, 0.4) is 0 Å². The predicted octanol–water partition coefficient (Wildman–Crippen LogP) is 2.93. The fourth-order valence-corrected chi connectivity index (χ4v) is 5.48. The smallest absolute Gasteiger partial charge is 0.251 e. The van der Waals surface area contributed by atoms with Crippen molar-refractivity contribution in [2.75, 3.05) is 32.8 Å². The highest BCUT2D eigenvalue weighted by Gasteiger charge is 2.26. The predicted molar refractivity (Wildman–Crippen MR) is 126 cm³/mol. The van der Waals surface area contributed by atoms with Crippen LogP contribution < -0.4 is 10.0 Å². The molecule has 33 heavy (non-hydrogen) atoms. The van der Waals surface area contributed by atoms with Gasteiger partial charge in [-0.15, -0.1) is 11.3 Å². The van der Waals surface area contributed by atoms with Crippen LogP contribution in [0.5, 0.6) is 0 Å². The second-order valence-corrected chi connectivity index (χ2v) is 10.6. The molecule has 1 fully saturated rings. The molecular weight excluding hydrogens is 462 g/mol. The monoisotopic (exact) mass is 489 g/mol. The van der Waals surface area contributed by atoms with Crippen LogP contribution in [0.4, 0.5) is 0 Å². The summed E-state index contributed by atoms with van der Waals surface area (Å²) in [6, 6.07) is 13.5. The molecule has 0 saturated carbocycles. The van der Waals surface area contributed by atoms with Gasteiger partial charge in [0.2, 0.25) is 10.0 Å². The third kappa shape index (κ3) is 6.10. The lowest BCUT2D eigenvalue weighted by Gasteiger charge is -2.33. The molecule has 0 bridgehead atoms. The Morgan fingerprint density at radius 1 is 1.15 bits per heavy atom. The van der Waals surface area contributed by atoms with Crippen molar-refractivity contribution in [3.63, 3.8) is 0 Å². The number of carbonyl (C=O) groups is 1. The number of thiophene rings is 1. The zero-order valence-corrected chi connectivity index (χ0v) is 20.0. The van der Waals surface area contributed by atoms with E-state index in [9.17, 15) is 13.2 Å². The van der Waals surface area contributed by atoms with Crippen LogP contribution in [0.2, 0.25) is 0 Å². The molecule has 0 aliphatic carbocycles. The molecule has 2 N–H and O–H groups in total. The Bertz CT molecular complexity index is 1170. The molecule has 1 saturated heterocycles. The molecule has 4 rings (SSSR count). The lowest BCUT2D eigenvalue weighted by Crippen LogP contribution is -2.43. The number of furan rings is 1. The maximum absolute atomic E-state index is 12.9. The number of nitrogens with zero attached hydrogens (tertiary/aromatic N) is 1. The number of hydrogen-bond donors (Lipinski definition) is 2. The molecule has 1 aliphatic rings. The van der Waals surface area contributed by atoms with E-state index < -0.39 is 10.0 Å². The molecular formula is C23H27N3O5S2. The summed E-state index contributed by atoms with van der Waals surface area (Å²) in [5, 5.41) is 4.83. The van der Waals surface area contributed by atoms with Crippen LogP contribution in [0.25, 0.3) is 0 Å². The largest absolute Gasteiger partial charge is 0.465 e. The molecule has 1 amide bonds. The number of hydrogen-bond acceptors (Lipinski definition) is 7. The summed E-state index contributed by atoms with van der Waals surface area (Å²) >= 11 is 1.48. The van der Waals surface area contributed by atoms with Gasteiger partial charge in [-0.05, 0) is 48.7 Å². The van der Waals surface area contributed by atoms with Crippen molar-refractivity contribution in [3.8, 4) is 0 Å². The normalized spacial score (nSPS) is 15.9. The van der Waals surface area contributed by atoms with Gasteiger partial charge in [0.05, 0.1) is 24.2 Å². The van der Waals surface area contributed by atoms with Crippen molar-refractivity contribution in [1.29, 1.82) is 0 Å². The lowest BCUT2D eigenvalue weighted by molar-refractivity contribution is 0.0117. The van der Waals surface area contributed by atoms with Crippen molar-refractivity contribution < 1.29 is 22.4 Å². The van der Waals surface area contributed by atoms with Crippen molar-refractivity contribution in [2.24, 2.45) is 0 Å². The van der Waals surface area contributed by atoms with Gasteiger partial charge in [-0.2, -0.15) is 0 Å². The number of amides is 1. The second kappa shape index (κ2) is 10.6. The molecule has 8 nitrogen and oxygen atoms in total. The molecule has 2 aromatic heterocycles. The van der Waals surface area contributed by atoms with E-state index >= 15 is 0 Å². The van der Waals surface area contributed by atoms with Gasteiger partial charge in [0, 0.05) is 36.6 Å². The van der Waals surface area contributed by atoms with Crippen LogP contribution in [-0.4, -0.2) is 52.1 Å². The summed E-state index contributed by atoms with van der Waals surface area (Å²) in [7, 11) is -3.74. The number of carbonyl (C=O) groups excluding carboxylic acids is 1. The van der Waals surface area contributed by atoms with E-state index in [-0.39, 0.29) is 29.0 Å². The number of nitrogens with one attached hydrogen (secondary N) is 2. The Labute approximate surface area is 197 Å². The maximum atomic E-state index is 12.9. The molecule has 1 aliphatic heterocycles. The number of rotatable bonds is 9. The van der Waals surface area contributed by atoms with Crippen LogP contribution in [0.15, 0.2) is 63.2 Å². The minimum absolute atomic E-state index is 0.0538. The van der Waals surface area contributed by atoms with Gasteiger partial charge >= 0.3 is 0 Å². The third-order valence-electron chi connectivity index (χ3n) is 5.46. The van der Waals surface area contributed by atoms with E-state index in [0.717, 1.165) is 29.5 Å². The van der Waals surface area contributed by atoms with Gasteiger partial charge in [-0.1, -0.05) is 12.1 Å². The fraction of sp³-hybridized carbons (Fsp3) is 0.348. The van der Waals surface area contributed by atoms with E-state index in [1.165, 1.54) is 23.5 Å². The second-order valence-electron chi connectivity index (χ2n) is 7.75. The third-order valence-corrected chi connectivity index (χ3v) is 7.73. The molecule has 3 heterocycles. The van der Waals surface area contributed by atoms with Crippen molar-refractivity contribution in [2.45, 2.75) is 24.4 Å². The Morgan fingerprint density at radius 3 is 2.67 bits per heavy atom. The Morgan fingerprint density at radius 2 is 1.97 bits per heavy atom. The first kappa shape index (κ1) is 23.7. The highest BCUT2D eigenvalue weighted by molar-refractivity contribution is 7.89. The summed E-state index contributed by atoms with van der Waals surface area (Å²) in [5.41, 5.74) is 0.283. The summed E-state index contributed by atoms with van der Waals surface area (Å²) in [5.74, 6) is 1.25. The molecule has 176 valence electrons. The van der Waals surface area contributed by atoms with E-state index in [0.29, 0.717) is 19.8 Å². The summed E-state index contributed by atoms with van der Waals surface area (Å²) in [4.78, 5) is 16.1. The molecule has 1 atom stereocenters. The standard InChI is InChI=1S/C23H27N3O5S2/c1-17-7-8-22(31-17)21(26-9-11-30-12-10-26)16-24-23(27)18-4-2-6-20(14-18)33(28,29)25-15-19-5-3-13-32-19/h2-8,13-14,21,25H,9-12,15-16H2,1H3,(H,24,27). The van der Waals surface area contributed by atoms with Gasteiger partial charge in [0.15, 0.2) is 0 Å². The molecule has 10 heteroatoms. The maximum Gasteiger partial charge on any atom is 0.251 e. The van der Waals surface area contributed by atoms with Crippen molar-refractivity contribution in [3.05, 3.63) is 75.9 Å². The molecule has 3 aromatic rings. The first-order valence-electron chi connectivity index (χ1n) is 10.7. The van der Waals surface area contributed by atoms with E-state index in [1.54, 1.807) is 12.1 Å². The first-order valence-corrected chi connectivity index (χ1v) is 13.1. The van der Waals surface area contributed by atoms with Crippen LogP contribution in [-0.2, 0) is 21.3 Å². The number of morpholine rings is 1. The Hall–Kier alpha value is -2.50. The Balaban J connectivity index is 1.44. The summed E-state index contributed by atoms with van der Waals surface area (Å²) < 4.78 is 39.3. The fourth-order valence-electron chi connectivity index (χ4n) is 3.69. The number of ether oxygens (including phenoxy) is 1. The minimum Gasteiger partial charge on any atom is -0.465 e. The quantitative estimate of drug-likeness (QED) is 0.479. The lowest BCUT2D eigenvalue weighted by atomic mass is 10.1. The first-order chi connectivity index (χ1) is 15.9. The average molecular weight is 490 g/mol. The highest BCUT2D eigenvalue weighted by atomic mass is 32.2. The van der Waals surface area contributed by atoms with E-state index in [4.69, 9.17) is 9.15 Å². The average Bonchev–Trinajstić information content (AvgIpc) is 3.51. The summed E-state index contributed by atoms with van der Waals surface area (Å²) in [6.45, 7) is 5.16. The van der Waals surface area contributed by atoms with Gasteiger partial charge in [0.1, 0.15) is 11.5 Å². The van der Waals surface area contributed by atoms with Crippen LogP contribution >= 0.6 is 11.3 Å². The highest BCUT2D eigenvalue weighted by Crippen LogP contribution is 2.23. The summed E-state index contributed by atoms with van der Waals surface area (Å²) in [6.07, 6.45) is 0.